The van der Waals surface area contributed by atoms with Gasteiger partial charge in [0.2, 0.25) is 0 Å². The summed E-state index contributed by atoms with van der Waals surface area (Å²) in [4.78, 5) is 0. The van der Waals surface area contributed by atoms with Crippen molar-refractivity contribution in [3.8, 4) is 6.07 Å². The minimum Gasteiger partial charge on any atom is -0.206 e. The van der Waals surface area contributed by atoms with Gasteiger partial charge in [-0.05, 0) is 17.9 Å². The Hall–Kier alpha value is -0.900. The van der Waals surface area contributed by atoms with E-state index >= 15 is 0 Å². The maximum atomic E-state index is 11.9. The van der Waals surface area contributed by atoms with Crippen molar-refractivity contribution in [1.29, 1.82) is 5.26 Å². The predicted molar refractivity (Wildman–Crippen MR) is 59.1 cm³/mol. The van der Waals surface area contributed by atoms with Crippen molar-refractivity contribution in [1.82, 2.24) is 4.31 Å². The maximum absolute atomic E-state index is 11.9. The maximum Gasteiger partial charge on any atom is 0.253 e. The average Bonchev–Trinajstić information content (AvgIpc) is 2.66. The second-order valence-electron chi connectivity index (χ2n) is 3.06. The Morgan fingerprint density at radius 2 is 2.27 bits per heavy atom. The van der Waals surface area contributed by atoms with Crippen LogP contribution >= 0.6 is 11.3 Å². The molecule has 1 aromatic heterocycles. The second-order valence-corrected chi connectivity index (χ2v) is 6.22. The highest BCUT2D eigenvalue weighted by Gasteiger charge is 2.24. The fourth-order valence-corrected chi connectivity index (χ4v) is 3.86. The minimum atomic E-state index is -3.47. The van der Waals surface area contributed by atoms with Crippen LogP contribution in [0.1, 0.15) is 18.9 Å². The van der Waals surface area contributed by atoms with Crippen LogP contribution in [-0.2, 0) is 10.0 Å². The molecule has 0 spiro atoms. The van der Waals surface area contributed by atoms with Gasteiger partial charge in [-0.15, -0.1) is 11.3 Å². The van der Waals surface area contributed by atoms with Crippen molar-refractivity contribution in [3.05, 3.63) is 17.0 Å². The molecular formula is C9H12N2O2S2. The lowest BCUT2D eigenvalue weighted by molar-refractivity contribution is 0.470. The number of hydrogen-bond acceptors (Lipinski definition) is 4. The molecule has 6 heteroatoms. The highest BCUT2D eigenvalue weighted by molar-refractivity contribution is 7.91. The Morgan fingerprint density at radius 3 is 2.80 bits per heavy atom. The first-order chi connectivity index (χ1) is 7.04. The molecule has 0 aliphatic rings. The summed E-state index contributed by atoms with van der Waals surface area (Å²) in [5.41, 5.74) is 0.225. The molecule has 0 atom stereocenters. The third-order valence-electron chi connectivity index (χ3n) is 1.93. The van der Waals surface area contributed by atoms with Crippen LogP contribution in [0.2, 0.25) is 0 Å². The van der Waals surface area contributed by atoms with Crippen LogP contribution in [0.3, 0.4) is 0 Å². The molecular weight excluding hydrogens is 232 g/mol. The van der Waals surface area contributed by atoms with Crippen LogP contribution in [0.5, 0.6) is 0 Å². The van der Waals surface area contributed by atoms with E-state index in [0.717, 1.165) is 17.8 Å². The lowest BCUT2D eigenvalue weighted by atomic mass is 10.4. The molecule has 0 N–H and O–H groups in total. The van der Waals surface area contributed by atoms with Crippen molar-refractivity contribution in [3.63, 3.8) is 0 Å². The number of rotatable bonds is 4. The summed E-state index contributed by atoms with van der Waals surface area (Å²) in [6.45, 7) is 2.37. The number of hydrogen-bond donors (Lipinski definition) is 0. The molecule has 0 bridgehead atoms. The van der Waals surface area contributed by atoms with Crippen molar-refractivity contribution in [2.75, 3.05) is 13.6 Å². The lowest BCUT2D eigenvalue weighted by Gasteiger charge is -2.14. The Morgan fingerprint density at radius 1 is 1.60 bits per heavy atom. The second kappa shape index (κ2) is 4.75. The number of sulfonamides is 1. The van der Waals surface area contributed by atoms with Gasteiger partial charge in [-0.2, -0.15) is 5.26 Å². The van der Waals surface area contributed by atoms with Crippen LogP contribution in [0.4, 0.5) is 0 Å². The Bertz CT molecular complexity index is 471. The summed E-state index contributed by atoms with van der Waals surface area (Å²) in [6.07, 6.45) is 0.753. The van der Waals surface area contributed by atoms with E-state index in [2.05, 4.69) is 0 Å². The highest BCUT2D eigenvalue weighted by atomic mass is 32.2. The lowest BCUT2D eigenvalue weighted by Crippen LogP contribution is -2.27. The highest BCUT2D eigenvalue weighted by Crippen LogP contribution is 2.24. The Labute approximate surface area is 93.8 Å². The topological polar surface area (TPSA) is 61.2 Å². The van der Waals surface area contributed by atoms with E-state index in [1.807, 2.05) is 13.0 Å². The van der Waals surface area contributed by atoms with Gasteiger partial charge in [0, 0.05) is 13.6 Å². The summed E-state index contributed by atoms with van der Waals surface area (Å²) < 4.78 is 25.3. The fourth-order valence-electron chi connectivity index (χ4n) is 1.15. The van der Waals surface area contributed by atoms with E-state index in [4.69, 9.17) is 5.26 Å². The third kappa shape index (κ3) is 2.37. The van der Waals surface area contributed by atoms with Gasteiger partial charge >= 0.3 is 0 Å². The zero-order valence-electron chi connectivity index (χ0n) is 8.60. The van der Waals surface area contributed by atoms with E-state index in [0.29, 0.717) is 6.54 Å². The first-order valence-electron chi connectivity index (χ1n) is 4.48. The van der Waals surface area contributed by atoms with E-state index in [9.17, 15) is 8.42 Å². The molecule has 0 aliphatic heterocycles. The van der Waals surface area contributed by atoms with Crippen molar-refractivity contribution < 1.29 is 8.42 Å². The van der Waals surface area contributed by atoms with Gasteiger partial charge < -0.3 is 0 Å². The smallest absolute Gasteiger partial charge is 0.206 e. The zero-order valence-corrected chi connectivity index (χ0v) is 10.2. The van der Waals surface area contributed by atoms with Crippen LogP contribution in [0.15, 0.2) is 15.7 Å². The normalized spacial score (nSPS) is 11.6. The number of nitrogens with zero attached hydrogens (tertiary/aromatic N) is 2. The molecule has 4 nitrogen and oxygen atoms in total. The van der Waals surface area contributed by atoms with Gasteiger partial charge in [-0.25, -0.2) is 12.7 Å². The SMILES string of the molecule is CCCN(C)S(=O)(=O)c1sccc1C#N. The molecule has 0 aromatic carbocycles. The average molecular weight is 244 g/mol. The molecule has 1 aromatic rings. The predicted octanol–water partition coefficient (Wildman–Crippen LogP) is 1.65. The van der Waals surface area contributed by atoms with Gasteiger partial charge in [0.25, 0.3) is 10.0 Å². The Balaban J connectivity index is 3.13. The van der Waals surface area contributed by atoms with E-state index in [-0.39, 0.29) is 9.77 Å². The first-order valence-corrected chi connectivity index (χ1v) is 6.80. The quantitative estimate of drug-likeness (QED) is 0.809. The number of thiophene rings is 1. The van der Waals surface area contributed by atoms with E-state index in [1.54, 1.807) is 5.38 Å². The Kier molecular flexibility index (Phi) is 3.85. The first kappa shape index (κ1) is 12.2. The third-order valence-corrected chi connectivity index (χ3v) is 5.25. The van der Waals surface area contributed by atoms with Gasteiger partial charge in [0.1, 0.15) is 6.07 Å². The molecule has 1 heterocycles. The summed E-state index contributed by atoms with van der Waals surface area (Å²) in [7, 11) is -1.94. The summed E-state index contributed by atoms with van der Waals surface area (Å²) in [5.74, 6) is 0. The van der Waals surface area contributed by atoms with Crippen LogP contribution in [0.25, 0.3) is 0 Å². The van der Waals surface area contributed by atoms with Gasteiger partial charge in [0.15, 0.2) is 4.21 Å². The molecule has 0 aliphatic carbocycles. The summed E-state index contributed by atoms with van der Waals surface area (Å²) in [5, 5.41) is 10.4. The molecule has 0 fully saturated rings. The van der Waals surface area contributed by atoms with Gasteiger partial charge in [0.05, 0.1) is 5.56 Å². The standard InChI is InChI=1S/C9H12N2O2S2/c1-3-5-11(2)15(12,13)9-8(7-10)4-6-14-9/h4,6H,3,5H2,1-2H3. The zero-order chi connectivity index (χ0) is 11.5. The van der Waals surface area contributed by atoms with Crippen molar-refractivity contribution >= 4 is 21.4 Å². The molecule has 15 heavy (non-hydrogen) atoms. The largest absolute Gasteiger partial charge is 0.253 e. The molecule has 0 unspecified atom stereocenters. The van der Waals surface area contributed by atoms with Gasteiger partial charge in [-0.1, -0.05) is 6.92 Å². The van der Waals surface area contributed by atoms with E-state index in [1.165, 1.54) is 17.4 Å². The molecule has 0 amide bonds. The molecule has 0 saturated carbocycles. The van der Waals surface area contributed by atoms with Crippen molar-refractivity contribution in [2.24, 2.45) is 0 Å². The van der Waals surface area contributed by atoms with Crippen molar-refractivity contribution in [2.45, 2.75) is 17.6 Å². The minimum absolute atomic E-state index is 0.140. The van der Waals surface area contributed by atoms with Crippen LogP contribution in [0, 0.1) is 11.3 Å². The summed E-state index contributed by atoms with van der Waals surface area (Å²) in [6, 6.07) is 3.41. The van der Waals surface area contributed by atoms with Gasteiger partial charge in [-0.3, -0.25) is 0 Å². The fraction of sp³-hybridized carbons (Fsp3) is 0.444. The van der Waals surface area contributed by atoms with Crippen LogP contribution < -0.4 is 0 Å². The number of nitriles is 1. The monoisotopic (exact) mass is 244 g/mol. The van der Waals surface area contributed by atoms with Crippen LogP contribution in [-0.4, -0.2) is 26.3 Å². The summed E-state index contributed by atoms with van der Waals surface area (Å²) >= 11 is 1.08. The molecule has 0 radical (unpaired) electrons. The van der Waals surface area contributed by atoms with E-state index < -0.39 is 10.0 Å². The molecule has 82 valence electrons. The molecule has 0 saturated heterocycles. The molecule has 1 rings (SSSR count).